The second-order valence-electron chi connectivity index (χ2n) is 8.03. The van der Waals surface area contributed by atoms with Gasteiger partial charge in [0.1, 0.15) is 5.75 Å². The van der Waals surface area contributed by atoms with E-state index in [-0.39, 0.29) is 24.3 Å². The van der Waals surface area contributed by atoms with Crippen LogP contribution in [0.3, 0.4) is 0 Å². The van der Waals surface area contributed by atoms with Crippen LogP contribution in [0.4, 0.5) is 5.69 Å². The minimum Gasteiger partial charge on any atom is -0.495 e. The van der Waals surface area contributed by atoms with Crippen molar-refractivity contribution in [2.24, 2.45) is 5.92 Å². The highest BCUT2D eigenvalue weighted by atomic mass is 35.5. The van der Waals surface area contributed by atoms with Gasteiger partial charge in [-0.2, -0.15) is 0 Å². The van der Waals surface area contributed by atoms with Gasteiger partial charge >= 0.3 is 0 Å². The van der Waals surface area contributed by atoms with Gasteiger partial charge < -0.3 is 24.0 Å². The van der Waals surface area contributed by atoms with Crippen LogP contribution in [0.25, 0.3) is 0 Å². The molecule has 2 fully saturated rings. The first-order chi connectivity index (χ1) is 15.5. The number of nitrogens with zero attached hydrogens (tertiary/aromatic N) is 2. The van der Waals surface area contributed by atoms with Crippen LogP contribution in [0.2, 0.25) is 5.02 Å². The molecule has 2 aromatic carbocycles. The van der Waals surface area contributed by atoms with Crippen molar-refractivity contribution < 1.29 is 23.8 Å². The van der Waals surface area contributed by atoms with Crippen molar-refractivity contribution in [2.75, 3.05) is 39.3 Å². The number of carbonyl (C=O) groups excluding carboxylic acids is 2. The van der Waals surface area contributed by atoms with Crippen molar-refractivity contribution in [2.45, 2.75) is 25.3 Å². The lowest BCUT2D eigenvalue weighted by atomic mass is 10.0. The zero-order chi connectivity index (χ0) is 22.8. The van der Waals surface area contributed by atoms with Crippen molar-refractivity contribution in [3.05, 3.63) is 47.0 Å². The van der Waals surface area contributed by atoms with Crippen LogP contribution in [0.1, 0.15) is 30.9 Å². The second kappa shape index (κ2) is 9.28. The molecule has 0 radical (unpaired) electrons. The number of anilines is 1. The third kappa shape index (κ3) is 4.09. The van der Waals surface area contributed by atoms with Crippen LogP contribution in [-0.4, -0.2) is 51.1 Å². The summed E-state index contributed by atoms with van der Waals surface area (Å²) >= 11 is 6.15. The van der Waals surface area contributed by atoms with Crippen LogP contribution in [-0.2, 0) is 9.59 Å². The van der Waals surface area contributed by atoms with Gasteiger partial charge in [-0.05, 0) is 48.7 Å². The predicted octanol–water partition coefficient (Wildman–Crippen LogP) is 4.08. The predicted molar refractivity (Wildman–Crippen MR) is 122 cm³/mol. The first-order valence-electron chi connectivity index (χ1n) is 10.6. The molecule has 7 nitrogen and oxygen atoms in total. The number of carbonyl (C=O) groups is 2. The standard InChI is InChI=1S/C24H27ClN2O5/c1-30-20-9-7-17(25)13-19(20)27-14-16(12-23(27)28)24(29)26-10-4-5-18(26)15-6-8-21(31-2)22(11-15)32-3/h6-9,11,13,16,18H,4-5,10,12,14H2,1-3H3/t16-,18-/m1/s1. The van der Waals surface area contributed by atoms with Crippen molar-refractivity contribution in [3.63, 3.8) is 0 Å². The third-order valence-electron chi connectivity index (χ3n) is 6.23. The second-order valence-corrected chi connectivity index (χ2v) is 8.46. The maximum atomic E-state index is 13.5. The topological polar surface area (TPSA) is 68.3 Å². The molecule has 0 aliphatic carbocycles. The lowest BCUT2D eigenvalue weighted by Crippen LogP contribution is -2.37. The number of halogens is 1. The van der Waals surface area contributed by atoms with Crippen LogP contribution >= 0.6 is 11.6 Å². The summed E-state index contributed by atoms with van der Waals surface area (Å²) in [6, 6.07) is 10.9. The Morgan fingerprint density at radius 3 is 2.44 bits per heavy atom. The molecule has 0 N–H and O–H groups in total. The van der Waals surface area contributed by atoms with Gasteiger partial charge in [0.25, 0.3) is 0 Å². The fourth-order valence-electron chi connectivity index (χ4n) is 4.65. The Kier molecular flexibility index (Phi) is 6.46. The first kappa shape index (κ1) is 22.3. The quantitative estimate of drug-likeness (QED) is 0.652. The Labute approximate surface area is 192 Å². The normalized spacial score (nSPS) is 20.6. The van der Waals surface area contributed by atoms with Crippen LogP contribution in [0.5, 0.6) is 17.2 Å². The molecule has 2 amide bonds. The zero-order valence-electron chi connectivity index (χ0n) is 18.5. The summed E-state index contributed by atoms with van der Waals surface area (Å²) in [6.07, 6.45) is 1.95. The molecule has 0 aromatic heterocycles. The van der Waals surface area contributed by atoms with E-state index in [9.17, 15) is 9.59 Å². The fourth-order valence-corrected chi connectivity index (χ4v) is 4.82. The molecular formula is C24H27ClN2O5. The van der Waals surface area contributed by atoms with Gasteiger partial charge in [0.2, 0.25) is 11.8 Å². The summed E-state index contributed by atoms with van der Waals surface area (Å²) in [7, 11) is 4.75. The van der Waals surface area contributed by atoms with E-state index < -0.39 is 5.92 Å². The summed E-state index contributed by atoms with van der Waals surface area (Å²) in [6.45, 7) is 0.979. The number of methoxy groups -OCH3 is 3. The molecule has 2 atom stereocenters. The Bertz CT molecular complexity index is 1030. The average molecular weight is 459 g/mol. The summed E-state index contributed by atoms with van der Waals surface area (Å²) in [5.74, 6) is 1.33. The molecule has 0 unspecified atom stereocenters. The molecule has 4 rings (SSSR count). The first-order valence-corrected chi connectivity index (χ1v) is 11.0. The van der Waals surface area contributed by atoms with E-state index in [1.54, 1.807) is 44.4 Å². The zero-order valence-corrected chi connectivity index (χ0v) is 19.2. The number of rotatable bonds is 6. The Hall–Kier alpha value is -2.93. The monoisotopic (exact) mass is 458 g/mol. The van der Waals surface area contributed by atoms with Gasteiger partial charge in [0.05, 0.1) is 39.0 Å². The van der Waals surface area contributed by atoms with Crippen molar-refractivity contribution in [1.29, 1.82) is 0 Å². The Morgan fingerprint density at radius 2 is 1.72 bits per heavy atom. The molecular weight excluding hydrogens is 432 g/mol. The maximum absolute atomic E-state index is 13.5. The molecule has 0 spiro atoms. The molecule has 32 heavy (non-hydrogen) atoms. The molecule has 170 valence electrons. The number of hydrogen-bond donors (Lipinski definition) is 0. The Balaban J connectivity index is 1.54. The van der Waals surface area contributed by atoms with E-state index in [1.165, 1.54) is 0 Å². The lowest BCUT2D eigenvalue weighted by Gasteiger charge is -2.28. The summed E-state index contributed by atoms with van der Waals surface area (Å²) < 4.78 is 16.2. The Morgan fingerprint density at radius 1 is 1.00 bits per heavy atom. The number of benzene rings is 2. The highest BCUT2D eigenvalue weighted by Gasteiger charge is 2.41. The average Bonchev–Trinajstić information content (AvgIpc) is 3.45. The van der Waals surface area contributed by atoms with E-state index in [1.807, 2.05) is 23.1 Å². The molecule has 0 saturated carbocycles. The number of ether oxygens (including phenoxy) is 3. The van der Waals surface area contributed by atoms with Crippen molar-refractivity contribution >= 4 is 29.1 Å². The van der Waals surface area contributed by atoms with Gasteiger partial charge in [0.15, 0.2) is 11.5 Å². The van der Waals surface area contributed by atoms with E-state index in [4.69, 9.17) is 25.8 Å². The van der Waals surface area contributed by atoms with Gasteiger partial charge in [0, 0.05) is 24.5 Å². The molecule has 8 heteroatoms. The van der Waals surface area contributed by atoms with E-state index >= 15 is 0 Å². The fraction of sp³-hybridized carbons (Fsp3) is 0.417. The SMILES string of the molecule is COc1ccc([C@H]2CCCN2C(=O)[C@@H]2CC(=O)N(c3cc(Cl)ccc3OC)C2)cc1OC. The molecule has 2 aromatic rings. The highest BCUT2D eigenvalue weighted by Crippen LogP contribution is 2.40. The van der Waals surface area contributed by atoms with Gasteiger partial charge in [-0.3, -0.25) is 9.59 Å². The van der Waals surface area contributed by atoms with Crippen LogP contribution in [0, 0.1) is 5.92 Å². The minimum atomic E-state index is -0.410. The maximum Gasteiger partial charge on any atom is 0.228 e. The summed E-state index contributed by atoms with van der Waals surface area (Å²) in [5.41, 5.74) is 1.60. The van der Waals surface area contributed by atoms with Crippen molar-refractivity contribution in [3.8, 4) is 17.2 Å². The lowest BCUT2D eigenvalue weighted by molar-refractivity contribution is -0.136. The van der Waals surface area contributed by atoms with E-state index in [0.717, 1.165) is 18.4 Å². The van der Waals surface area contributed by atoms with E-state index in [2.05, 4.69) is 0 Å². The number of hydrogen-bond acceptors (Lipinski definition) is 5. The van der Waals surface area contributed by atoms with Gasteiger partial charge in [-0.15, -0.1) is 0 Å². The number of amides is 2. The van der Waals surface area contributed by atoms with E-state index in [0.29, 0.717) is 41.0 Å². The molecule has 2 aliphatic rings. The minimum absolute atomic E-state index is 0.000806. The third-order valence-corrected chi connectivity index (χ3v) is 6.47. The molecule has 0 bridgehead atoms. The molecule has 2 aliphatic heterocycles. The van der Waals surface area contributed by atoms with Crippen molar-refractivity contribution in [1.82, 2.24) is 4.90 Å². The van der Waals surface area contributed by atoms with Crippen LogP contribution in [0.15, 0.2) is 36.4 Å². The smallest absolute Gasteiger partial charge is 0.228 e. The molecule has 2 saturated heterocycles. The largest absolute Gasteiger partial charge is 0.495 e. The summed E-state index contributed by atoms with van der Waals surface area (Å²) in [5, 5.41) is 0.511. The van der Waals surface area contributed by atoms with Gasteiger partial charge in [-0.25, -0.2) is 0 Å². The van der Waals surface area contributed by atoms with Gasteiger partial charge in [-0.1, -0.05) is 17.7 Å². The summed E-state index contributed by atoms with van der Waals surface area (Å²) in [4.78, 5) is 29.8. The highest BCUT2D eigenvalue weighted by molar-refractivity contribution is 6.31. The molecule has 2 heterocycles. The van der Waals surface area contributed by atoms with Crippen LogP contribution < -0.4 is 19.1 Å². The number of likely N-dealkylation sites (tertiary alicyclic amines) is 1.